The van der Waals surface area contributed by atoms with Crippen LogP contribution in [0, 0.1) is 5.82 Å². The highest BCUT2D eigenvalue weighted by Crippen LogP contribution is 2.17. The first-order valence-electron chi connectivity index (χ1n) is 13.0. The monoisotopic (exact) mass is 527 g/mol. The molecule has 1 heterocycles. The van der Waals surface area contributed by atoms with Gasteiger partial charge in [-0.2, -0.15) is 0 Å². The highest BCUT2D eigenvalue weighted by atomic mass is 19.1. The van der Waals surface area contributed by atoms with Crippen molar-refractivity contribution in [2.75, 3.05) is 13.7 Å². The van der Waals surface area contributed by atoms with Gasteiger partial charge < -0.3 is 19.1 Å². The summed E-state index contributed by atoms with van der Waals surface area (Å²) in [5, 5.41) is 0. The van der Waals surface area contributed by atoms with Gasteiger partial charge in [-0.05, 0) is 73.5 Å². The zero-order chi connectivity index (χ0) is 27.8. The number of carbonyl (C=O) groups excluding carboxylic acids is 2. The molecule has 0 fully saturated rings. The summed E-state index contributed by atoms with van der Waals surface area (Å²) in [7, 11) is 1.58. The standard InChI is InChI=1S/C32H34FN3O3/c1-24(2)36(32(38)27-13-17-30(39-3)18-14-27)23-31(37)35(21-25-8-5-4-6-9-25)22-29-10-7-19-34(29)20-26-11-15-28(33)16-12-26/h4-19,24H,20-23H2,1-3H3. The number of hydrogen-bond acceptors (Lipinski definition) is 3. The molecule has 0 atom stereocenters. The van der Waals surface area contributed by atoms with E-state index in [1.54, 1.807) is 53.3 Å². The Kier molecular flexibility index (Phi) is 9.15. The normalized spacial score (nSPS) is 10.9. The predicted molar refractivity (Wildman–Crippen MR) is 150 cm³/mol. The number of aromatic nitrogens is 1. The molecule has 0 saturated heterocycles. The van der Waals surface area contributed by atoms with Crippen LogP contribution in [0.25, 0.3) is 0 Å². The maximum atomic E-state index is 13.8. The number of rotatable bonds is 11. The highest BCUT2D eigenvalue weighted by Gasteiger charge is 2.25. The van der Waals surface area contributed by atoms with Crippen molar-refractivity contribution in [2.24, 2.45) is 0 Å². The maximum absolute atomic E-state index is 13.8. The molecule has 3 aromatic carbocycles. The van der Waals surface area contributed by atoms with Crippen molar-refractivity contribution in [1.29, 1.82) is 0 Å². The summed E-state index contributed by atoms with van der Waals surface area (Å²) >= 11 is 0. The van der Waals surface area contributed by atoms with Gasteiger partial charge in [-0.3, -0.25) is 9.59 Å². The van der Waals surface area contributed by atoms with E-state index in [4.69, 9.17) is 4.74 Å². The van der Waals surface area contributed by atoms with Crippen LogP contribution in [0.2, 0.25) is 0 Å². The smallest absolute Gasteiger partial charge is 0.254 e. The van der Waals surface area contributed by atoms with Gasteiger partial charge in [0.2, 0.25) is 5.91 Å². The molecule has 0 unspecified atom stereocenters. The molecule has 0 aliphatic heterocycles. The molecule has 0 aliphatic rings. The summed E-state index contributed by atoms with van der Waals surface area (Å²) in [5.41, 5.74) is 3.41. The molecule has 1 aromatic heterocycles. The van der Waals surface area contributed by atoms with Crippen molar-refractivity contribution in [3.05, 3.63) is 125 Å². The number of methoxy groups -OCH3 is 1. The average Bonchev–Trinajstić information content (AvgIpc) is 3.38. The number of benzene rings is 3. The van der Waals surface area contributed by atoms with Crippen LogP contribution >= 0.6 is 0 Å². The zero-order valence-electron chi connectivity index (χ0n) is 22.6. The minimum absolute atomic E-state index is 0.0476. The Labute approximate surface area is 229 Å². The van der Waals surface area contributed by atoms with Gasteiger partial charge in [0.1, 0.15) is 18.1 Å². The molecule has 4 rings (SSSR count). The lowest BCUT2D eigenvalue weighted by Crippen LogP contribution is -2.45. The van der Waals surface area contributed by atoms with Crippen LogP contribution in [0.15, 0.2) is 97.2 Å². The molecule has 0 saturated carbocycles. The summed E-state index contributed by atoms with van der Waals surface area (Å²) in [5.74, 6) is 0.0331. The Morgan fingerprint density at radius 1 is 0.846 bits per heavy atom. The summed E-state index contributed by atoms with van der Waals surface area (Å²) < 4.78 is 20.7. The quantitative estimate of drug-likeness (QED) is 0.249. The van der Waals surface area contributed by atoms with E-state index in [0.717, 1.165) is 16.8 Å². The minimum Gasteiger partial charge on any atom is -0.497 e. The molecule has 202 valence electrons. The molecule has 0 spiro atoms. The van der Waals surface area contributed by atoms with E-state index in [-0.39, 0.29) is 30.2 Å². The van der Waals surface area contributed by atoms with E-state index in [0.29, 0.717) is 30.9 Å². The Morgan fingerprint density at radius 3 is 2.18 bits per heavy atom. The Balaban J connectivity index is 1.55. The number of hydrogen-bond donors (Lipinski definition) is 0. The van der Waals surface area contributed by atoms with Crippen molar-refractivity contribution >= 4 is 11.8 Å². The van der Waals surface area contributed by atoms with Crippen molar-refractivity contribution in [1.82, 2.24) is 14.4 Å². The summed E-state index contributed by atoms with van der Waals surface area (Å²) in [6.45, 7) is 5.10. The number of halogens is 1. The highest BCUT2D eigenvalue weighted by molar-refractivity contribution is 5.96. The molecule has 2 amide bonds. The molecule has 39 heavy (non-hydrogen) atoms. The van der Waals surface area contributed by atoms with Gasteiger partial charge in [0, 0.05) is 36.6 Å². The lowest BCUT2D eigenvalue weighted by atomic mass is 10.1. The Morgan fingerprint density at radius 2 is 1.54 bits per heavy atom. The third-order valence-electron chi connectivity index (χ3n) is 6.64. The van der Waals surface area contributed by atoms with Gasteiger partial charge in [-0.1, -0.05) is 42.5 Å². The molecule has 7 heteroatoms. The predicted octanol–water partition coefficient (Wildman–Crippen LogP) is 5.76. The first kappa shape index (κ1) is 27.6. The van der Waals surface area contributed by atoms with Gasteiger partial charge in [0.25, 0.3) is 5.91 Å². The second-order valence-corrected chi connectivity index (χ2v) is 9.74. The van der Waals surface area contributed by atoms with E-state index >= 15 is 0 Å². The summed E-state index contributed by atoms with van der Waals surface area (Å²) in [6.07, 6.45) is 1.96. The fourth-order valence-electron chi connectivity index (χ4n) is 4.40. The number of nitrogens with zero attached hydrogens (tertiary/aromatic N) is 3. The second-order valence-electron chi connectivity index (χ2n) is 9.74. The minimum atomic E-state index is -0.273. The van der Waals surface area contributed by atoms with Gasteiger partial charge in [0.15, 0.2) is 0 Å². The summed E-state index contributed by atoms with van der Waals surface area (Å²) in [4.78, 5) is 30.6. The number of amides is 2. The fraction of sp³-hybridized carbons (Fsp3) is 0.250. The van der Waals surface area contributed by atoms with Crippen molar-refractivity contribution in [3.63, 3.8) is 0 Å². The largest absolute Gasteiger partial charge is 0.497 e. The lowest BCUT2D eigenvalue weighted by molar-refractivity contribution is -0.133. The fourth-order valence-corrected chi connectivity index (χ4v) is 4.40. The van der Waals surface area contributed by atoms with Crippen molar-refractivity contribution in [3.8, 4) is 5.75 Å². The van der Waals surface area contributed by atoms with Crippen LogP contribution in [0.3, 0.4) is 0 Å². The van der Waals surface area contributed by atoms with E-state index in [2.05, 4.69) is 4.57 Å². The van der Waals surface area contributed by atoms with E-state index < -0.39 is 0 Å². The lowest BCUT2D eigenvalue weighted by Gasteiger charge is -2.30. The van der Waals surface area contributed by atoms with E-state index in [1.807, 2.05) is 62.5 Å². The zero-order valence-corrected chi connectivity index (χ0v) is 22.6. The topological polar surface area (TPSA) is 54.8 Å². The first-order chi connectivity index (χ1) is 18.8. The average molecular weight is 528 g/mol. The van der Waals surface area contributed by atoms with Crippen molar-refractivity contribution < 1.29 is 18.7 Å². The number of carbonyl (C=O) groups is 2. The molecular weight excluding hydrogens is 493 g/mol. The molecule has 6 nitrogen and oxygen atoms in total. The third kappa shape index (κ3) is 7.35. The van der Waals surface area contributed by atoms with Crippen LogP contribution in [0.4, 0.5) is 4.39 Å². The molecule has 0 aliphatic carbocycles. The van der Waals surface area contributed by atoms with Gasteiger partial charge >= 0.3 is 0 Å². The molecule has 0 N–H and O–H groups in total. The van der Waals surface area contributed by atoms with Crippen LogP contribution < -0.4 is 4.74 Å². The third-order valence-corrected chi connectivity index (χ3v) is 6.64. The SMILES string of the molecule is COc1ccc(C(=O)N(CC(=O)N(Cc2ccccc2)Cc2cccn2Cc2ccc(F)cc2)C(C)C)cc1. The maximum Gasteiger partial charge on any atom is 0.254 e. The van der Waals surface area contributed by atoms with Gasteiger partial charge in [-0.25, -0.2) is 4.39 Å². The number of ether oxygens (including phenoxy) is 1. The van der Waals surface area contributed by atoms with E-state index in [1.165, 1.54) is 12.1 Å². The van der Waals surface area contributed by atoms with E-state index in [9.17, 15) is 14.0 Å². The Bertz CT molecular complexity index is 1370. The Hall–Kier alpha value is -4.39. The van der Waals surface area contributed by atoms with Crippen molar-refractivity contribution in [2.45, 2.75) is 39.5 Å². The first-order valence-corrected chi connectivity index (χ1v) is 13.0. The van der Waals surface area contributed by atoms with Crippen LogP contribution in [0.1, 0.15) is 41.0 Å². The van der Waals surface area contributed by atoms with Gasteiger partial charge in [-0.15, -0.1) is 0 Å². The molecule has 0 radical (unpaired) electrons. The second kappa shape index (κ2) is 12.9. The van der Waals surface area contributed by atoms with Crippen LogP contribution in [-0.2, 0) is 24.4 Å². The summed E-state index contributed by atoms with van der Waals surface area (Å²) in [6, 6.07) is 26.9. The molecule has 4 aromatic rings. The van der Waals surface area contributed by atoms with Crippen LogP contribution in [0.5, 0.6) is 5.75 Å². The molecular formula is C32H34FN3O3. The van der Waals surface area contributed by atoms with Crippen LogP contribution in [-0.4, -0.2) is 45.9 Å². The molecule has 0 bridgehead atoms. The van der Waals surface area contributed by atoms with Gasteiger partial charge in [0.05, 0.1) is 13.7 Å².